The summed E-state index contributed by atoms with van der Waals surface area (Å²) in [5, 5.41) is 0. The van der Waals surface area contributed by atoms with Crippen molar-refractivity contribution in [2.24, 2.45) is 0 Å². The minimum absolute atomic E-state index is 0. The van der Waals surface area contributed by atoms with Crippen molar-refractivity contribution in [2.45, 2.75) is 6.42 Å². The zero-order valence-corrected chi connectivity index (χ0v) is 8.45. The molecule has 0 bridgehead atoms. The summed E-state index contributed by atoms with van der Waals surface area (Å²) in [6, 6.07) is 8.80. The van der Waals surface area contributed by atoms with Crippen molar-refractivity contribution in [2.75, 3.05) is 6.26 Å². The first-order valence-electron chi connectivity index (χ1n) is 3.93. The molecule has 0 heterocycles. The van der Waals surface area contributed by atoms with Gasteiger partial charge in [0.1, 0.15) is 0 Å². The van der Waals surface area contributed by atoms with Crippen molar-refractivity contribution in [3.8, 4) is 0 Å². The van der Waals surface area contributed by atoms with Gasteiger partial charge in [-0.05, 0) is 5.56 Å². The van der Waals surface area contributed by atoms with Crippen LogP contribution in [-0.2, 0) is 25.5 Å². The fourth-order valence-electron chi connectivity index (χ4n) is 0.961. The second-order valence-corrected chi connectivity index (χ2v) is 4.40. The third-order valence-electron chi connectivity index (χ3n) is 1.44. The molecule has 0 saturated carbocycles. The molecule has 0 aliphatic carbocycles. The van der Waals surface area contributed by atoms with E-state index >= 15 is 0 Å². The van der Waals surface area contributed by atoms with Crippen molar-refractivity contribution in [1.82, 2.24) is 0 Å². The van der Waals surface area contributed by atoms with E-state index in [1.807, 2.05) is 6.07 Å². The van der Waals surface area contributed by atoms with Gasteiger partial charge < -0.3 is 4.18 Å². The Morgan fingerprint density at radius 3 is 2.27 bits per heavy atom. The van der Waals surface area contributed by atoms with Gasteiger partial charge in [0.15, 0.2) is 0 Å². The van der Waals surface area contributed by atoms with E-state index < -0.39 is 16.1 Å². The van der Waals surface area contributed by atoms with Crippen LogP contribution in [0.25, 0.3) is 0 Å². The fourth-order valence-corrected chi connectivity index (χ4v) is 1.36. The maximum atomic E-state index is 11.0. The monoisotopic (exact) mass is 238 g/mol. The molecule has 0 fully saturated rings. The first-order valence-corrected chi connectivity index (χ1v) is 5.75. The number of hydrogen-bond donors (Lipinski definition) is 0. The summed E-state index contributed by atoms with van der Waals surface area (Å²) in [6.45, 7) is 0. The molecule has 0 aliphatic rings. The molecular weight excluding hydrogens is 227 g/mol. The van der Waals surface area contributed by atoms with E-state index in [1.54, 1.807) is 24.3 Å². The van der Waals surface area contributed by atoms with Gasteiger partial charge in [-0.1, -0.05) is 30.3 Å². The third kappa shape index (κ3) is 6.67. The average molecular weight is 238 g/mol. The van der Waals surface area contributed by atoms with Crippen LogP contribution in [0.15, 0.2) is 30.3 Å². The van der Waals surface area contributed by atoms with Gasteiger partial charge in [-0.15, -0.1) is 0 Å². The fraction of sp³-hybridized carbons (Fsp3) is 0.222. The molecule has 0 radical (unpaired) electrons. The van der Waals surface area contributed by atoms with Crippen molar-refractivity contribution in [3.05, 3.63) is 35.9 Å². The van der Waals surface area contributed by atoms with Gasteiger partial charge in [0.25, 0.3) is 0 Å². The zero-order chi connectivity index (χ0) is 10.6. The van der Waals surface area contributed by atoms with Crippen LogP contribution in [0.5, 0.6) is 0 Å². The summed E-state index contributed by atoms with van der Waals surface area (Å²) in [4.78, 5) is 11.0. The topological polar surface area (TPSA) is 60.4 Å². The van der Waals surface area contributed by atoms with E-state index in [0.29, 0.717) is 0 Å². The Labute approximate surface area is 111 Å². The average Bonchev–Trinajstić information content (AvgIpc) is 2.02. The summed E-state index contributed by atoms with van der Waals surface area (Å²) < 4.78 is 25.4. The third-order valence-corrected chi connectivity index (χ3v) is 1.92. The Hall–Kier alpha value is -0.360. The Balaban J connectivity index is 0.00000196. The molecule has 0 aliphatic heterocycles. The molecule has 0 aromatic heterocycles. The molecule has 1 rings (SSSR count). The van der Waals surface area contributed by atoms with Crippen LogP contribution in [0.3, 0.4) is 0 Å². The number of rotatable bonds is 3. The van der Waals surface area contributed by atoms with Gasteiger partial charge in [0.2, 0.25) is 0 Å². The minimum atomic E-state index is -3.69. The van der Waals surface area contributed by atoms with E-state index in [2.05, 4.69) is 4.18 Å². The standard InChI is InChI=1S/C9H10O4S.Na.H/c1-14(11,12)13-9(10)7-8-5-3-2-4-6-8;;/h2-6H,7H2,1H3;;. The molecule has 0 atom stereocenters. The Kier molecular flexibility index (Phi) is 6.12. The van der Waals surface area contributed by atoms with Crippen LogP contribution >= 0.6 is 0 Å². The number of carbonyl (C=O) groups excluding carboxylic acids is 1. The molecule has 0 unspecified atom stereocenters. The predicted molar refractivity (Wildman–Crippen MR) is 58.2 cm³/mol. The second kappa shape index (κ2) is 6.27. The van der Waals surface area contributed by atoms with Crippen LogP contribution in [0, 0.1) is 0 Å². The normalized spacial score (nSPS) is 10.2. The number of benzene rings is 1. The zero-order valence-electron chi connectivity index (χ0n) is 7.64. The quantitative estimate of drug-likeness (QED) is 0.553. The Bertz CT molecular complexity index is 413. The number of hydrogen-bond acceptors (Lipinski definition) is 4. The van der Waals surface area contributed by atoms with Gasteiger partial charge in [-0.3, -0.25) is 4.79 Å². The van der Waals surface area contributed by atoms with E-state index in [9.17, 15) is 13.2 Å². The van der Waals surface area contributed by atoms with Gasteiger partial charge in [-0.2, -0.15) is 8.42 Å². The van der Waals surface area contributed by atoms with E-state index in [-0.39, 0.29) is 36.0 Å². The van der Waals surface area contributed by atoms with Crippen molar-refractivity contribution < 1.29 is 17.4 Å². The van der Waals surface area contributed by atoms with Gasteiger partial charge in [0, 0.05) is 0 Å². The molecule has 0 saturated heterocycles. The van der Waals surface area contributed by atoms with Gasteiger partial charge >= 0.3 is 45.6 Å². The van der Waals surface area contributed by atoms with E-state index in [0.717, 1.165) is 11.8 Å². The molecule has 1 aromatic rings. The summed E-state index contributed by atoms with van der Waals surface area (Å²) >= 11 is 0. The van der Waals surface area contributed by atoms with Crippen LogP contribution in [0.1, 0.15) is 5.56 Å². The molecule has 4 nitrogen and oxygen atoms in total. The SMILES string of the molecule is CS(=O)(=O)OC(=O)Cc1ccccc1.[NaH]. The first kappa shape index (κ1) is 14.6. The van der Waals surface area contributed by atoms with Crippen molar-refractivity contribution in [1.29, 1.82) is 0 Å². The van der Waals surface area contributed by atoms with Crippen LogP contribution in [-0.4, -0.2) is 50.2 Å². The molecule has 0 N–H and O–H groups in total. The number of carbonyl (C=O) groups is 1. The van der Waals surface area contributed by atoms with E-state index in [4.69, 9.17) is 0 Å². The second-order valence-electron chi connectivity index (χ2n) is 2.82. The summed E-state index contributed by atoms with van der Waals surface area (Å²) in [7, 11) is -3.69. The summed E-state index contributed by atoms with van der Waals surface area (Å²) in [5.41, 5.74) is 0.723. The predicted octanol–water partition coefficient (Wildman–Crippen LogP) is 0.0834. The van der Waals surface area contributed by atoms with E-state index in [1.165, 1.54) is 0 Å². The first-order chi connectivity index (χ1) is 6.47. The van der Waals surface area contributed by atoms with Crippen LogP contribution in [0.2, 0.25) is 0 Å². The summed E-state index contributed by atoms with van der Waals surface area (Å²) in [6.07, 6.45) is 0.809. The molecule has 0 spiro atoms. The molecule has 15 heavy (non-hydrogen) atoms. The Morgan fingerprint density at radius 1 is 1.27 bits per heavy atom. The molecule has 1 aromatic carbocycles. The Morgan fingerprint density at radius 2 is 1.80 bits per heavy atom. The van der Waals surface area contributed by atoms with Gasteiger partial charge in [-0.25, -0.2) is 0 Å². The molecule has 0 amide bonds. The van der Waals surface area contributed by atoms with Crippen molar-refractivity contribution >= 4 is 45.6 Å². The molecule has 6 heteroatoms. The molecule has 78 valence electrons. The van der Waals surface area contributed by atoms with Gasteiger partial charge in [0.05, 0.1) is 12.7 Å². The maximum absolute atomic E-state index is 11.0. The summed E-state index contributed by atoms with van der Waals surface area (Å²) in [5.74, 6) is -0.765. The van der Waals surface area contributed by atoms with Crippen LogP contribution < -0.4 is 0 Å². The van der Waals surface area contributed by atoms with Crippen molar-refractivity contribution in [3.63, 3.8) is 0 Å². The van der Waals surface area contributed by atoms with Crippen LogP contribution in [0.4, 0.5) is 0 Å². The molecular formula is C9H11NaO4S.